The number of ketones is 1. The quantitative estimate of drug-likeness (QED) is 0.634. The van der Waals surface area contributed by atoms with E-state index in [9.17, 15) is 9.59 Å². The molecular formula is C16H31N3O2. The average molecular weight is 297 g/mol. The lowest BCUT2D eigenvalue weighted by molar-refractivity contribution is -0.135. The van der Waals surface area contributed by atoms with Gasteiger partial charge in [-0.3, -0.25) is 14.9 Å². The van der Waals surface area contributed by atoms with Crippen LogP contribution in [-0.4, -0.2) is 47.9 Å². The highest BCUT2D eigenvalue weighted by atomic mass is 16.2. The van der Waals surface area contributed by atoms with Crippen LogP contribution in [0.1, 0.15) is 53.9 Å². The van der Waals surface area contributed by atoms with Gasteiger partial charge < -0.3 is 10.2 Å². The van der Waals surface area contributed by atoms with Gasteiger partial charge in [-0.15, -0.1) is 0 Å². The third-order valence-corrected chi connectivity index (χ3v) is 3.93. The van der Waals surface area contributed by atoms with Crippen LogP contribution in [0.5, 0.6) is 0 Å². The van der Waals surface area contributed by atoms with E-state index in [2.05, 4.69) is 24.5 Å². The Morgan fingerprint density at radius 3 is 2.52 bits per heavy atom. The van der Waals surface area contributed by atoms with Crippen molar-refractivity contribution in [3.05, 3.63) is 0 Å². The summed E-state index contributed by atoms with van der Waals surface area (Å²) >= 11 is 0. The van der Waals surface area contributed by atoms with Gasteiger partial charge in [0.15, 0.2) is 5.78 Å². The fourth-order valence-electron chi connectivity index (χ4n) is 2.48. The van der Waals surface area contributed by atoms with E-state index in [1.54, 1.807) is 4.90 Å². The Hall–Kier alpha value is -0.940. The largest absolute Gasteiger partial charge is 0.319 e. The number of nitrogens with zero attached hydrogens (tertiary/aromatic N) is 1. The smallest absolute Gasteiger partial charge is 0.241 e. The first kappa shape index (κ1) is 18.1. The summed E-state index contributed by atoms with van der Waals surface area (Å²) in [6.07, 6.45) is 2.89. The highest BCUT2D eigenvalue weighted by Crippen LogP contribution is 2.16. The number of Topliss-reactive ketones (excluding diaryl/α,β-unsaturated/α-hetero) is 1. The number of rotatable bonds is 9. The van der Waals surface area contributed by atoms with Crippen LogP contribution >= 0.6 is 0 Å². The molecule has 5 nitrogen and oxygen atoms in total. The zero-order valence-electron chi connectivity index (χ0n) is 14.1. The van der Waals surface area contributed by atoms with Crippen molar-refractivity contribution >= 4 is 11.7 Å². The van der Waals surface area contributed by atoms with E-state index in [1.807, 2.05) is 20.8 Å². The van der Waals surface area contributed by atoms with Crippen LogP contribution in [0.2, 0.25) is 0 Å². The number of amides is 1. The van der Waals surface area contributed by atoms with Crippen LogP contribution in [0.25, 0.3) is 0 Å². The molecule has 0 aromatic carbocycles. The maximum atomic E-state index is 12.3. The van der Waals surface area contributed by atoms with E-state index in [4.69, 9.17) is 0 Å². The molecule has 1 amide bonds. The van der Waals surface area contributed by atoms with Gasteiger partial charge in [0.05, 0.1) is 18.8 Å². The SMILES string of the molecule is CC(C)NCCCCC1N[C@H](C)N(CC(=O)C(C)C)C1=O. The van der Waals surface area contributed by atoms with E-state index in [1.165, 1.54) is 0 Å². The monoisotopic (exact) mass is 297 g/mol. The van der Waals surface area contributed by atoms with Crippen molar-refractivity contribution in [2.24, 2.45) is 5.92 Å². The number of carbonyl (C=O) groups excluding carboxylic acids is 2. The van der Waals surface area contributed by atoms with E-state index < -0.39 is 0 Å². The summed E-state index contributed by atoms with van der Waals surface area (Å²) in [5.74, 6) is 0.179. The second-order valence-electron chi connectivity index (χ2n) is 6.59. The highest BCUT2D eigenvalue weighted by molar-refractivity contribution is 5.90. The minimum absolute atomic E-state index is 0.0221. The van der Waals surface area contributed by atoms with E-state index >= 15 is 0 Å². The number of hydrogen-bond donors (Lipinski definition) is 2. The maximum absolute atomic E-state index is 12.3. The van der Waals surface area contributed by atoms with Gasteiger partial charge in [0, 0.05) is 12.0 Å². The fourth-order valence-corrected chi connectivity index (χ4v) is 2.48. The molecule has 2 atom stereocenters. The molecule has 0 bridgehead atoms. The minimum atomic E-state index is -0.126. The average Bonchev–Trinajstić information content (AvgIpc) is 2.65. The van der Waals surface area contributed by atoms with Crippen molar-refractivity contribution in [1.82, 2.24) is 15.5 Å². The Balaban J connectivity index is 2.35. The summed E-state index contributed by atoms with van der Waals surface area (Å²) in [4.78, 5) is 25.9. The molecule has 1 rings (SSSR count). The van der Waals surface area contributed by atoms with Gasteiger partial charge in [0.25, 0.3) is 0 Å². The van der Waals surface area contributed by atoms with Crippen molar-refractivity contribution in [2.45, 2.75) is 72.1 Å². The van der Waals surface area contributed by atoms with E-state index in [0.717, 1.165) is 25.8 Å². The number of carbonyl (C=O) groups is 2. The predicted molar refractivity (Wildman–Crippen MR) is 84.9 cm³/mol. The van der Waals surface area contributed by atoms with Gasteiger partial charge in [-0.2, -0.15) is 0 Å². The Morgan fingerprint density at radius 2 is 1.95 bits per heavy atom. The van der Waals surface area contributed by atoms with Crippen molar-refractivity contribution in [2.75, 3.05) is 13.1 Å². The summed E-state index contributed by atoms with van der Waals surface area (Å²) in [5, 5.41) is 6.68. The van der Waals surface area contributed by atoms with Crippen molar-refractivity contribution in [3.63, 3.8) is 0 Å². The Morgan fingerprint density at radius 1 is 1.29 bits per heavy atom. The lowest BCUT2D eigenvalue weighted by Crippen LogP contribution is -2.39. The van der Waals surface area contributed by atoms with Crippen LogP contribution in [0.3, 0.4) is 0 Å². The molecule has 0 spiro atoms. The molecule has 0 saturated carbocycles. The van der Waals surface area contributed by atoms with Crippen LogP contribution in [0.15, 0.2) is 0 Å². The number of hydrogen-bond acceptors (Lipinski definition) is 4. The third kappa shape index (κ3) is 5.75. The molecule has 21 heavy (non-hydrogen) atoms. The molecule has 1 fully saturated rings. The Labute approximate surface area is 128 Å². The first-order valence-electron chi connectivity index (χ1n) is 8.15. The molecule has 122 valence electrons. The Kier molecular flexibility index (Phi) is 7.32. The standard InChI is InChI=1S/C16H31N3O2/c1-11(2)15(20)10-19-13(5)18-14(16(19)21)8-6-7-9-17-12(3)4/h11-14,17-18H,6-10H2,1-5H3/t13-,14?/m0/s1. The zero-order valence-corrected chi connectivity index (χ0v) is 14.1. The summed E-state index contributed by atoms with van der Waals surface area (Å²) in [6, 6.07) is 0.382. The van der Waals surface area contributed by atoms with Gasteiger partial charge in [0.2, 0.25) is 5.91 Å². The number of nitrogens with one attached hydrogen (secondary N) is 2. The second kappa shape index (κ2) is 8.49. The molecule has 1 aliphatic heterocycles. The normalized spacial score (nSPS) is 22.6. The number of unbranched alkanes of at least 4 members (excludes halogenated alkanes) is 1. The maximum Gasteiger partial charge on any atom is 0.241 e. The molecule has 2 N–H and O–H groups in total. The fraction of sp³-hybridized carbons (Fsp3) is 0.875. The van der Waals surface area contributed by atoms with Gasteiger partial charge in [-0.05, 0) is 26.3 Å². The second-order valence-corrected chi connectivity index (χ2v) is 6.59. The topological polar surface area (TPSA) is 61.4 Å². The van der Waals surface area contributed by atoms with Gasteiger partial charge in [-0.25, -0.2) is 0 Å². The van der Waals surface area contributed by atoms with E-state index in [-0.39, 0.29) is 36.4 Å². The first-order chi connectivity index (χ1) is 9.82. The van der Waals surface area contributed by atoms with Crippen LogP contribution < -0.4 is 10.6 Å². The molecular weight excluding hydrogens is 266 g/mol. The molecule has 1 aliphatic rings. The summed E-state index contributed by atoms with van der Waals surface area (Å²) in [7, 11) is 0. The van der Waals surface area contributed by atoms with Crippen LogP contribution in [0, 0.1) is 5.92 Å². The highest BCUT2D eigenvalue weighted by Gasteiger charge is 2.36. The molecule has 5 heteroatoms. The Bertz CT molecular complexity index is 355. The summed E-state index contributed by atoms with van der Waals surface area (Å²) in [6.45, 7) is 11.2. The van der Waals surface area contributed by atoms with Gasteiger partial charge in [-0.1, -0.05) is 34.1 Å². The summed E-state index contributed by atoms with van der Waals surface area (Å²) < 4.78 is 0. The van der Waals surface area contributed by atoms with Crippen molar-refractivity contribution < 1.29 is 9.59 Å². The van der Waals surface area contributed by atoms with Crippen molar-refractivity contribution in [1.29, 1.82) is 0 Å². The van der Waals surface area contributed by atoms with Crippen LogP contribution in [-0.2, 0) is 9.59 Å². The molecule has 1 unspecified atom stereocenters. The zero-order chi connectivity index (χ0) is 16.0. The van der Waals surface area contributed by atoms with Crippen molar-refractivity contribution in [3.8, 4) is 0 Å². The van der Waals surface area contributed by atoms with Crippen LogP contribution in [0.4, 0.5) is 0 Å². The molecule has 0 aliphatic carbocycles. The molecule has 0 aromatic heterocycles. The lowest BCUT2D eigenvalue weighted by atomic mass is 10.1. The molecule has 0 radical (unpaired) electrons. The first-order valence-corrected chi connectivity index (χ1v) is 8.15. The van der Waals surface area contributed by atoms with E-state index in [0.29, 0.717) is 6.04 Å². The van der Waals surface area contributed by atoms with Gasteiger partial charge in [0.1, 0.15) is 0 Å². The third-order valence-electron chi connectivity index (χ3n) is 3.93. The molecule has 0 aromatic rings. The predicted octanol–water partition coefficient (Wildman–Crippen LogP) is 1.53. The summed E-state index contributed by atoms with van der Waals surface area (Å²) in [5.41, 5.74) is 0. The van der Waals surface area contributed by atoms with Gasteiger partial charge >= 0.3 is 0 Å². The molecule has 1 saturated heterocycles. The molecule has 1 heterocycles. The lowest BCUT2D eigenvalue weighted by Gasteiger charge is -2.20. The minimum Gasteiger partial charge on any atom is -0.319 e.